The molecule has 3 aromatic carbocycles. The predicted molar refractivity (Wildman–Crippen MR) is 102 cm³/mol. The van der Waals surface area contributed by atoms with Crippen molar-refractivity contribution < 1.29 is 8.42 Å². The van der Waals surface area contributed by atoms with Crippen LogP contribution in [0.3, 0.4) is 0 Å². The van der Waals surface area contributed by atoms with Gasteiger partial charge in [-0.1, -0.05) is 60.1 Å². The van der Waals surface area contributed by atoms with Gasteiger partial charge in [0, 0.05) is 5.02 Å². The molecule has 0 fully saturated rings. The largest absolute Gasteiger partial charge is 0.264 e. The Morgan fingerprint density at radius 2 is 1.44 bits per heavy atom. The molecule has 5 heteroatoms. The third-order valence-corrected chi connectivity index (χ3v) is 6.14. The van der Waals surface area contributed by atoms with Crippen molar-refractivity contribution in [2.45, 2.75) is 17.9 Å². The molecule has 0 aliphatic rings. The summed E-state index contributed by atoms with van der Waals surface area (Å²) in [5.41, 5.74) is 1.44. The molecule has 0 bridgehead atoms. The van der Waals surface area contributed by atoms with Gasteiger partial charge in [-0.3, -0.25) is 4.31 Å². The van der Waals surface area contributed by atoms with E-state index in [4.69, 9.17) is 11.6 Å². The Bertz CT molecular complexity index is 944. The van der Waals surface area contributed by atoms with Gasteiger partial charge >= 0.3 is 0 Å². The number of rotatable bonds is 5. The molecule has 0 amide bonds. The lowest BCUT2D eigenvalue weighted by Gasteiger charge is -2.31. The fourth-order valence-corrected chi connectivity index (χ4v) is 4.62. The quantitative estimate of drug-likeness (QED) is 0.610. The van der Waals surface area contributed by atoms with Crippen LogP contribution in [0, 0.1) is 0 Å². The van der Waals surface area contributed by atoms with Crippen molar-refractivity contribution in [3.8, 4) is 0 Å². The highest BCUT2D eigenvalue weighted by molar-refractivity contribution is 7.92. The van der Waals surface area contributed by atoms with Crippen molar-refractivity contribution in [1.29, 1.82) is 0 Å². The minimum atomic E-state index is -3.72. The number of para-hydroxylation sites is 1. The predicted octanol–water partition coefficient (Wildman–Crippen LogP) is 5.30. The van der Waals surface area contributed by atoms with Gasteiger partial charge < -0.3 is 0 Å². The molecule has 3 rings (SSSR count). The van der Waals surface area contributed by atoms with E-state index in [1.807, 2.05) is 37.3 Å². The molecular formula is C20H18ClNO2S. The van der Waals surface area contributed by atoms with Crippen molar-refractivity contribution >= 4 is 27.3 Å². The van der Waals surface area contributed by atoms with Crippen LogP contribution in [0.4, 0.5) is 5.69 Å². The van der Waals surface area contributed by atoms with Gasteiger partial charge in [0.1, 0.15) is 0 Å². The second-order valence-corrected chi connectivity index (χ2v) is 7.93. The maximum absolute atomic E-state index is 13.3. The molecule has 0 saturated heterocycles. The number of nitrogens with zero attached hydrogens (tertiary/aromatic N) is 1. The number of sulfonamides is 1. The minimum absolute atomic E-state index is 0.257. The van der Waals surface area contributed by atoms with E-state index < -0.39 is 16.1 Å². The SMILES string of the molecule is C[C@@H](c1cccc(Cl)c1)N(c1ccccc1)S(=O)(=O)c1ccccc1. The molecule has 0 unspecified atom stereocenters. The fourth-order valence-electron chi connectivity index (χ4n) is 2.75. The minimum Gasteiger partial charge on any atom is -0.259 e. The van der Waals surface area contributed by atoms with E-state index in [-0.39, 0.29) is 4.90 Å². The zero-order valence-corrected chi connectivity index (χ0v) is 15.3. The summed E-state index contributed by atoms with van der Waals surface area (Å²) >= 11 is 6.10. The number of benzene rings is 3. The smallest absolute Gasteiger partial charge is 0.259 e. The molecule has 0 aliphatic carbocycles. The first-order chi connectivity index (χ1) is 12.0. The lowest BCUT2D eigenvalue weighted by atomic mass is 10.1. The van der Waals surface area contributed by atoms with Gasteiger partial charge in [0.05, 0.1) is 16.6 Å². The van der Waals surface area contributed by atoms with Crippen molar-refractivity contribution in [3.05, 3.63) is 95.5 Å². The fraction of sp³-hybridized carbons (Fsp3) is 0.100. The second-order valence-electron chi connectivity index (χ2n) is 5.68. The Hall–Kier alpha value is -2.30. The Labute approximate surface area is 153 Å². The highest BCUT2D eigenvalue weighted by Crippen LogP contribution is 2.33. The van der Waals surface area contributed by atoms with Gasteiger partial charge in [0.2, 0.25) is 0 Å². The van der Waals surface area contributed by atoms with Crippen LogP contribution < -0.4 is 4.31 Å². The molecule has 0 aromatic heterocycles. The van der Waals surface area contributed by atoms with Crippen LogP contribution in [0.5, 0.6) is 0 Å². The summed E-state index contributed by atoms with van der Waals surface area (Å²) in [6.07, 6.45) is 0. The molecule has 0 radical (unpaired) electrons. The normalized spacial score (nSPS) is 12.6. The maximum atomic E-state index is 13.3. The summed E-state index contributed by atoms with van der Waals surface area (Å²) < 4.78 is 28.1. The van der Waals surface area contributed by atoms with E-state index in [1.54, 1.807) is 54.6 Å². The van der Waals surface area contributed by atoms with Crippen molar-refractivity contribution in [3.63, 3.8) is 0 Å². The topological polar surface area (TPSA) is 37.4 Å². The van der Waals surface area contributed by atoms with Crippen LogP contribution in [0.15, 0.2) is 89.8 Å². The highest BCUT2D eigenvalue weighted by Gasteiger charge is 2.30. The van der Waals surface area contributed by atoms with Crippen molar-refractivity contribution in [2.24, 2.45) is 0 Å². The van der Waals surface area contributed by atoms with Gasteiger partial charge in [-0.2, -0.15) is 0 Å². The Morgan fingerprint density at radius 1 is 0.840 bits per heavy atom. The van der Waals surface area contributed by atoms with Crippen LogP contribution in [0.25, 0.3) is 0 Å². The van der Waals surface area contributed by atoms with E-state index in [2.05, 4.69) is 0 Å². The summed E-state index contributed by atoms with van der Waals surface area (Å²) in [4.78, 5) is 0.257. The van der Waals surface area contributed by atoms with E-state index in [0.717, 1.165) is 5.56 Å². The molecule has 0 N–H and O–H groups in total. The Balaban J connectivity index is 2.14. The zero-order valence-electron chi connectivity index (χ0n) is 13.7. The average Bonchev–Trinajstić information content (AvgIpc) is 2.63. The molecule has 3 aromatic rings. The summed E-state index contributed by atoms with van der Waals surface area (Å²) in [7, 11) is -3.72. The molecule has 25 heavy (non-hydrogen) atoms. The number of hydrogen-bond acceptors (Lipinski definition) is 2. The number of anilines is 1. The van der Waals surface area contributed by atoms with Crippen LogP contribution in [-0.2, 0) is 10.0 Å². The third-order valence-electron chi connectivity index (χ3n) is 3.99. The Kier molecular flexibility index (Phi) is 5.11. The lowest BCUT2D eigenvalue weighted by Crippen LogP contribution is -2.33. The van der Waals surface area contributed by atoms with E-state index >= 15 is 0 Å². The average molecular weight is 372 g/mol. The van der Waals surface area contributed by atoms with Crippen LogP contribution >= 0.6 is 11.6 Å². The summed E-state index contributed by atoms with van der Waals surface area (Å²) in [6, 6.07) is 24.4. The van der Waals surface area contributed by atoms with E-state index in [0.29, 0.717) is 10.7 Å². The lowest BCUT2D eigenvalue weighted by molar-refractivity contribution is 0.583. The summed E-state index contributed by atoms with van der Waals surface area (Å²) in [6.45, 7) is 1.86. The summed E-state index contributed by atoms with van der Waals surface area (Å²) in [5, 5.41) is 0.578. The van der Waals surface area contributed by atoms with Gasteiger partial charge in [0.25, 0.3) is 10.0 Å². The first-order valence-electron chi connectivity index (χ1n) is 7.90. The van der Waals surface area contributed by atoms with Gasteiger partial charge in [-0.15, -0.1) is 0 Å². The molecule has 3 nitrogen and oxygen atoms in total. The molecule has 0 saturated carbocycles. The monoisotopic (exact) mass is 371 g/mol. The molecular weight excluding hydrogens is 354 g/mol. The van der Waals surface area contributed by atoms with Gasteiger partial charge in [-0.05, 0) is 48.9 Å². The molecule has 0 heterocycles. The first-order valence-corrected chi connectivity index (χ1v) is 9.72. The van der Waals surface area contributed by atoms with Crippen molar-refractivity contribution in [2.75, 3.05) is 4.31 Å². The van der Waals surface area contributed by atoms with Gasteiger partial charge in [-0.25, -0.2) is 8.42 Å². The number of halogens is 1. The molecule has 0 aliphatic heterocycles. The van der Waals surface area contributed by atoms with Gasteiger partial charge in [0.15, 0.2) is 0 Å². The third kappa shape index (κ3) is 3.70. The molecule has 1 atom stereocenters. The van der Waals surface area contributed by atoms with Crippen LogP contribution in [0.1, 0.15) is 18.5 Å². The zero-order chi connectivity index (χ0) is 17.9. The molecule has 128 valence electrons. The number of hydrogen-bond donors (Lipinski definition) is 0. The van der Waals surface area contributed by atoms with Crippen LogP contribution in [0.2, 0.25) is 5.02 Å². The second kappa shape index (κ2) is 7.30. The summed E-state index contributed by atoms with van der Waals surface area (Å²) in [5.74, 6) is 0. The van der Waals surface area contributed by atoms with Crippen LogP contribution in [-0.4, -0.2) is 8.42 Å². The molecule has 0 spiro atoms. The maximum Gasteiger partial charge on any atom is 0.264 e. The first kappa shape index (κ1) is 17.5. The van der Waals surface area contributed by atoms with E-state index in [1.165, 1.54) is 4.31 Å². The standard InChI is InChI=1S/C20H18ClNO2S/c1-16(17-9-8-10-18(21)15-17)22(19-11-4-2-5-12-19)25(23,24)20-13-6-3-7-14-20/h2-16H,1H3/t16-/m0/s1. The van der Waals surface area contributed by atoms with E-state index in [9.17, 15) is 8.42 Å². The van der Waals surface area contributed by atoms with Crippen molar-refractivity contribution in [1.82, 2.24) is 0 Å². The highest BCUT2D eigenvalue weighted by atomic mass is 35.5. The Morgan fingerprint density at radius 3 is 2.04 bits per heavy atom.